The van der Waals surface area contributed by atoms with E-state index in [4.69, 9.17) is 9.26 Å². The summed E-state index contributed by atoms with van der Waals surface area (Å²) in [4.78, 5) is 4.57. The number of guanidine groups is 1. The van der Waals surface area contributed by atoms with Gasteiger partial charge in [0.2, 0.25) is 0 Å². The summed E-state index contributed by atoms with van der Waals surface area (Å²) in [6.45, 7) is 9.40. The van der Waals surface area contributed by atoms with Crippen LogP contribution < -0.4 is 10.6 Å². The molecule has 24 heavy (non-hydrogen) atoms. The number of aromatic nitrogens is 1. The molecule has 1 fully saturated rings. The summed E-state index contributed by atoms with van der Waals surface area (Å²) in [6.07, 6.45) is 4.73. The van der Waals surface area contributed by atoms with Crippen molar-refractivity contribution in [3.63, 3.8) is 0 Å². The van der Waals surface area contributed by atoms with Crippen LogP contribution in [0.4, 0.5) is 0 Å². The normalized spacial score (nSPS) is 17.8. The molecule has 0 radical (unpaired) electrons. The fourth-order valence-corrected chi connectivity index (χ4v) is 2.82. The van der Waals surface area contributed by atoms with Crippen molar-refractivity contribution in [3.8, 4) is 0 Å². The quantitative estimate of drug-likeness (QED) is 0.361. The Hall–Kier alpha value is -0.830. The Morgan fingerprint density at radius 1 is 1.33 bits per heavy atom. The van der Waals surface area contributed by atoms with Gasteiger partial charge in [0.05, 0.1) is 11.8 Å². The Balaban J connectivity index is 0.00000288. The predicted octanol–water partition coefficient (Wildman–Crippen LogP) is 3.43. The number of nitrogens with zero attached hydrogens (tertiary/aromatic N) is 2. The maximum absolute atomic E-state index is 5.62. The molecular formula is C17H31IN4O2. The average molecular weight is 450 g/mol. The lowest BCUT2D eigenvalue weighted by molar-refractivity contribution is 0.114. The summed E-state index contributed by atoms with van der Waals surface area (Å²) in [5.74, 6) is 2.08. The van der Waals surface area contributed by atoms with Crippen LogP contribution in [0.1, 0.15) is 63.8 Å². The van der Waals surface area contributed by atoms with Gasteiger partial charge in [-0.05, 0) is 32.6 Å². The number of rotatable bonds is 8. The van der Waals surface area contributed by atoms with Gasteiger partial charge in [0, 0.05) is 31.7 Å². The molecule has 0 amide bonds. The number of ether oxygens (including phenoxy) is 1. The Morgan fingerprint density at radius 3 is 2.75 bits per heavy atom. The molecule has 138 valence electrons. The van der Waals surface area contributed by atoms with E-state index in [1.807, 2.05) is 6.07 Å². The van der Waals surface area contributed by atoms with Crippen molar-refractivity contribution >= 4 is 29.9 Å². The van der Waals surface area contributed by atoms with Gasteiger partial charge in [0.15, 0.2) is 11.7 Å². The number of hydrogen-bond donors (Lipinski definition) is 2. The van der Waals surface area contributed by atoms with Crippen LogP contribution >= 0.6 is 24.0 Å². The summed E-state index contributed by atoms with van der Waals surface area (Å²) in [5.41, 5.74) is 1.04. The van der Waals surface area contributed by atoms with Crippen molar-refractivity contribution in [2.75, 3.05) is 19.7 Å². The first-order valence-corrected chi connectivity index (χ1v) is 8.86. The van der Waals surface area contributed by atoms with Crippen LogP contribution in [0.3, 0.4) is 0 Å². The maximum atomic E-state index is 5.62. The van der Waals surface area contributed by atoms with E-state index >= 15 is 0 Å². The third kappa shape index (κ3) is 6.58. The van der Waals surface area contributed by atoms with Crippen molar-refractivity contribution in [1.82, 2.24) is 15.8 Å². The zero-order valence-corrected chi connectivity index (χ0v) is 17.3. The second-order valence-corrected chi connectivity index (χ2v) is 5.94. The first-order valence-electron chi connectivity index (χ1n) is 8.86. The summed E-state index contributed by atoms with van der Waals surface area (Å²) < 4.78 is 11.0. The summed E-state index contributed by atoms with van der Waals surface area (Å²) in [6, 6.07) is 2.03. The molecule has 0 aliphatic carbocycles. The van der Waals surface area contributed by atoms with E-state index in [1.54, 1.807) is 0 Å². The number of halogens is 1. The number of hydrogen-bond acceptors (Lipinski definition) is 4. The molecular weight excluding hydrogens is 419 g/mol. The Morgan fingerprint density at radius 2 is 2.12 bits per heavy atom. The topological polar surface area (TPSA) is 71.7 Å². The summed E-state index contributed by atoms with van der Waals surface area (Å²) in [5, 5.41) is 10.8. The lowest BCUT2D eigenvalue weighted by Gasteiger charge is -2.14. The highest BCUT2D eigenvalue weighted by Crippen LogP contribution is 2.22. The van der Waals surface area contributed by atoms with Crippen LogP contribution in [0.2, 0.25) is 0 Å². The van der Waals surface area contributed by atoms with Gasteiger partial charge in [-0.3, -0.25) is 0 Å². The van der Waals surface area contributed by atoms with Gasteiger partial charge >= 0.3 is 0 Å². The zero-order chi connectivity index (χ0) is 16.5. The van der Waals surface area contributed by atoms with E-state index in [2.05, 4.69) is 41.6 Å². The first kappa shape index (κ1) is 21.2. The predicted molar refractivity (Wildman–Crippen MR) is 107 cm³/mol. The lowest BCUT2D eigenvalue weighted by Crippen LogP contribution is -2.41. The van der Waals surface area contributed by atoms with Crippen LogP contribution in [-0.4, -0.2) is 36.9 Å². The Labute approximate surface area is 162 Å². The van der Waals surface area contributed by atoms with Crippen LogP contribution in [0, 0.1) is 0 Å². The fourth-order valence-electron chi connectivity index (χ4n) is 2.82. The third-order valence-corrected chi connectivity index (χ3v) is 4.24. The first-order chi connectivity index (χ1) is 11.3. The van der Waals surface area contributed by atoms with Crippen molar-refractivity contribution in [1.29, 1.82) is 0 Å². The molecule has 1 atom stereocenters. The molecule has 2 heterocycles. The smallest absolute Gasteiger partial charge is 0.191 e. The van der Waals surface area contributed by atoms with Crippen molar-refractivity contribution in [2.45, 2.75) is 65.0 Å². The molecule has 0 spiro atoms. The van der Waals surface area contributed by atoms with E-state index in [0.717, 1.165) is 62.8 Å². The minimum atomic E-state index is 0. The largest absolute Gasteiger partial charge is 0.376 e. The van der Waals surface area contributed by atoms with E-state index in [0.29, 0.717) is 18.6 Å². The van der Waals surface area contributed by atoms with E-state index in [1.165, 1.54) is 0 Å². The second-order valence-electron chi connectivity index (χ2n) is 5.94. The highest BCUT2D eigenvalue weighted by molar-refractivity contribution is 14.0. The zero-order valence-electron chi connectivity index (χ0n) is 15.0. The van der Waals surface area contributed by atoms with E-state index in [-0.39, 0.29) is 24.0 Å². The second kappa shape index (κ2) is 11.7. The molecule has 1 aliphatic heterocycles. The highest BCUT2D eigenvalue weighted by atomic mass is 127. The van der Waals surface area contributed by atoms with Crippen LogP contribution in [-0.2, 0) is 11.3 Å². The molecule has 0 bridgehead atoms. The molecule has 1 unspecified atom stereocenters. The minimum absolute atomic E-state index is 0. The van der Waals surface area contributed by atoms with Crippen molar-refractivity contribution in [3.05, 3.63) is 17.5 Å². The number of aliphatic imine (C=N–C) groups is 1. The van der Waals surface area contributed by atoms with E-state index in [9.17, 15) is 0 Å². The number of nitrogens with one attached hydrogen (secondary N) is 2. The SMILES string of the molecule is CCNC(=NCc1cc(C(CC)CC)no1)NCC1CCCO1.I. The lowest BCUT2D eigenvalue weighted by atomic mass is 9.99. The highest BCUT2D eigenvalue weighted by Gasteiger charge is 2.16. The van der Waals surface area contributed by atoms with Gasteiger partial charge in [-0.25, -0.2) is 4.99 Å². The van der Waals surface area contributed by atoms with Crippen molar-refractivity contribution in [2.24, 2.45) is 4.99 Å². The average Bonchev–Trinajstić information content (AvgIpc) is 3.23. The van der Waals surface area contributed by atoms with Crippen molar-refractivity contribution < 1.29 is 9.26 Å². The molecule has 1 aliphatic rings. The van der Waals surface area contributed by atoms with E-state index < -0.39 is 0 Å². The standard InChI is InChI=1S/C17H30N4O2.HI/c1-4-13(5-2)16-10-15(23-21-16)12-20-17(18-6-3)19-11-14-8-7-9-22-14;/h10,13-14H,4-9,11-12H2,1-3H3,(H2,18,19,20);1H. The Kier molecular flexibility index (Phi) is 10.3. The maximum Gasteiger partial charge on any atom is 0.191 e. The van der Waals surface area contributed by atoms with Gasteiger partial charge in [-0.1, -0.05) is 19.0 Å². The molecule has 2 rings (SSSR count). The monoisotopic (exact) mass is 450 g/mol. The third-order valence-electron chi connectivity index (χ3n) is 4.24. The van der Waals surface area contributed by atoms with Crippen LogP contribution in [0.5, 0.6) is 0 Å². The summed E-state index contributed by atoms with van der Waals surface area (Å²) >= 11 is 0. The fraction of sp³-hybridized carbons (Fsp3) is 0.765. The molecule has 2 N–H and O–H groups in total. The molecule has 1 aromatic rings. The molecule has 1 saturated heterocycles. The molecule has 1 aromatic heterocycles. The van der Waals surface area contributed by atoms with Gasteiger partial charge < -0.3 is 19.9 Å². The minimum Gasteiger partial charge on any atom is -0.376 e. The summed E-state index contributed by atoms with van der Waals surface area (Å²) in [7, 11) is 0. The van der Waals surface area contributed by atoms with Crippen LogP contribution in [0.15, 0.2) is 15.6 Å². The van der Waals surface area contributed by atoms with Crippen LogP contribution in [0.25, 0.3) is 0 Å². The molecule has 6 nitrogen and oxygen atoms in total. The molecule has 0 saturated carbocycles. The Bertz CT molecular complexity index is 483. The van der Waals surface area contributed by atoms with Gasteiger partial charge in [0.1, 0.15) is 6.54 Å². The van der Waals surface area contributed by atoms with Gasteiger partial charge in [0.25, 0.3) is 0 Å². The van der Waals surface area contributed by atoms with Gasteiger partial charge in [-0.15, -0.1) is 24.0 Å². The van der Waals surface area contributed by atoms with Gasteiger partial charge in [-0.2, -0.15) is 0 Å². The molecule has 7 heteroatoms. The molecule has 0 aromatic carbocycles.